The molecule has 5 nitrogen and oxygen atoms in total. The Morgan fingerprint density at radius 2 is 1.96 bits per heavy atom. The maximum Gasteiger partial charge on any atom is 0.243 e. The number of hydrogen-bond acceptors (Lipinski definition) is 4. The van der Waals surface area contributed by atoms with Gasteiger partial charge in [-0.25, -0.2) is 8.42 Å². The molecule has 1 fully saturated rings. The van der Waals surface area contributed by atoms with E-state index in [9.17, 15) is 8.42 Å². The molecule has 2 heterocycles. The summed E-state index contributed by atoms with van der Waals surface area (Å²) in [5, 5.41) is 3.89. The van der Waals surface area contributed by atoms with Crippen molar-refractivity contribution in [3.8, 4) is 0 Å². The largest absolute Gasteiger partial charge is 0.319 e. The minimum Gasteiger partial charge on any atom is -0.319 e. The van der Waals surface area contributed by atoms with Crippen LogP contribution in [0.5, 0.6) is 0 Å². The number of aryl methyl sites for hydroxylation is 1. The van der Waals surface area contributed by atoms with Crippen molar-refractivity contribution in [2.45, 2.75) is 24.7 Å². The first-order valence-electron chi connectivity index (χ1n) is 8.03. The lowest BCUT2D eigenvalue weighted by atomic mass is 9.98. The number of piperidine rings is 1. The van der Waals surface area contributed by atoms with Crippen molar-refractivity contribution in [2.24, 2.45) is 5.92 Å². The Labute approximate surface area is 149 Å². The first-order valence-corrected chi connectivity index (χ1v) is 9.47. The fraction of sp³-hybridized carbons (Fsp3) is 0.471. The molecule has 3 rings (SSSR count). The van der Waals surface area contributed by atoms with Crippen molar-refractivity contribution >= 4 is 33.3 Å². The van der Waals surface area contributed by atoms with E-state index in [0.717, 1.165) is 30.5 Å². The third-order valence-electron chi connectivity index (χ3n) is 4.62. The van der Waals surface area contributed by atoms with Gasteiger partial charge in [0, 0.05) is 24.7 Å². The molecule has 0 bridgehead atoms. The Hall–Kier alpha value is -1.21. The van der Waals surface area contributed by atoms with Crippen LogP contribution in [0.25, 0.3) is 10.9 Å². The summed E-state index contributed by atoms with van der Waals surface area (Å²) in [5.41, 5.74) is 1.76. The summed E-state index contributed by atoms with van der Waals surface area (Å²) in [6, 6.07) is 7.19. The van der Waals surface area contributed by atoms with E-state index in [4.69, 9.17) is 0 Å². The molecular weight excluding hydrogens is 346 g/mol. The molecule has 0 amide bonds. The number of fused-ring (bicyclic) bond motifs is 1. The lowest BCUT2D eigenvalue weighted by Gasteiger charge is -2.31. The summed E-state index contributed by atoms with van der Waals surface area (Å²) in [7, 11) is -1.53. The third-order valence-corrected chi connectivity index (χ3v) is 6.57. The topological polar surface area (TPSA) is 62.3 Å². The summed E-state index contributed by atoms with van der Waals surface area (Å²) in [4.78, 5) is 4.72. The predicted octanol–water partition coefficient (Wildman–Crippen LogP) is 2.59. The van der Waals surface area contributed by atoms with Crippen molar-refractivity contribution in [1.29, 1.82) is 0 Å². The van der Waals surface area contributed by atoms with Gasteiger partial charge in [-0.1, -0.05) is 6.07 Å². The molecule has 24 heavy (non-hydrogen) atoms. The van der Waals surface area contributed by atoms with E-state index in [2.05, 4.69) is 10.3 Å². The van der Waals surface area contributed by atoms with Gasteiger partial charge in [0.05, 0.1) is 10.4 Å². The number of halogens is 1. The average Bonchev–Trinajstić information content (AvgIpc) is 2.56. The van der Waals surface area contributed by atoms with Gasteiger partial charge in [0.25, 0.3) is 0 Å². The molecule has 1 saturated heterocycles. The van der Waals surface area contributed by atoms with Crippen LogP contribution in [0.15, 0.2) is 35.4 Å². The molecule has 0 radical (unpaired) electrons. The van der Waals surface area contributed by atoms with Crippen LogP contribution in [0.2, 0.25) is 0 Å². The highest BCUT2D eigenvalue weighted by Gasteiger charge is 2.30. The molecule has 132 valence electrons. The van der Waals surface area contributed by atoms with Crippen molar-refractivity contribution in [3.63, 3.8) is 0 Å². The molecule has 0 spiro atoms. The number of nitrogens with zero attached hydrogens (tertiary/aromatic N) is 2. The van der Waals surface area contributed by atoms with Crippen LogP contribution >= 0.6 is 12.4 Å². The highest BCUT2D eigenvalue weighted by Crippen LogP contribution is 2.29. The van der Waals surface area contributed by atoms with Crippen molar-refractivity contribution in [1.82, 2.24) is 14.6 Å². The highest BCUT2D eigenvalue weighted by molar-refractivity contribution is 7.89. The van der Waals surface area contributed by atoms with E-state index in [0.29, 0.717) is 29.3 Å². The summed E-state index contributed by atoms with van der Waals surface area (Å²) in [6.45, 7) is 4.08. The number of nitrogens with one attached hydrogen (secondary N) is 1. The number of aromatic nitrogens is 1. The first kappa shape index (κ1) is 19.1. The summed E-state index contributed by atoms with van der Waals surface area (Å²) >= 11 is 0. The number of hydrogen-bond donors (Lipinski definition) is 1. The van der Waals surface area contributed by atoms with Gasteiger partial charge in [-0.05, 0) is 63.0 Å². The van der Waals surface area contributed by atoms with E-state index in [1.165, 1.54) is 0 Å². The molecule has 0 atom stereocenters. The van der Waals surface area contributed by atoms with Gasteiger partial charge < -0.3 is 5.32 Å². The molecule has 2 aromatic rings. The van der Waals surface area contributed by atoms with Crippen molar-refractivity contribution < 1.29 is 8.42 Å². The zero-order valence-electron chi connectivity index (χ0n) is 14.0. The van der Waals surface area contributed by atoms with Crippen LogP contribution in [-0.4, -0.2) is 44.4 Å². The number of sulfonamides is 1. The molecule has 7 heteroatoms. The zero-order chi connectivity index (χ0) is 16.4. The fourth-order valence-electron chi connectivity index (χ4n) is 3.29. The third kappa shape index (κ3) is 3.57. The van der Waals surface area contributed by atoms with Gasteiger partial charge in [-0.3, -0.25) is 4.98 Å². The summed E-state index contributed by atoms with van der Waals surface area (Å²) in [5.74, 6) is 0.558. The molecule has 1 aromatic heterocycles. The van der Waals surface area contributed by atoms with E-state index >= 15 is 0 Å². The van der Waals surface area contributed by atoms with Crippen LogP contribution in [-0.2, 0) is 10.0 Å². The van der Waals surface area contributed by atoms with E-state index in [1.54, 1.807) is 22.6 Å². The van der Waals surface area contributed by atoms with Gasteiger partial charge in [0.15, 0.2) is 0 Å². The SMILES string of the molecule is CNCC1CCN(S(=O)(=O)c2ccc(C)c3ncccc23)CC1.Cl. The summed E-state index contributed by atoms with van der Waals surface area (Å²) < 4.78 is 27.7. The minimum absolute atomic E-state index is 0. The van der Waals surface area contributed by atoms with Crippen molar-refractivity contribution in [3.05, 3.63) is 36.0 Å². The Kier molecular flexibility index (Phi) is 6.20. The number of pyridine rings is 1. The van der Waals surface area contributed by atoms with E-state index < -0.39 is 10.0 Å². The van der Waals surface area contributed by atoms with E-state index in [-0.39, 0.29) is 12.4 Å². The molecular formula is C17H24ClN3O2S. The van der Waals surface area contributed by atoms with Gasteiger partial charge in [0.1, 0.15) is 0 Å². The second-order valence-corrected chi connectivity index (χ2v) is 8.09. The lowest BCUT2D eigenvalue weighted by molar-refractivity contribution is 0.271. The van der Waals surface area contributed by atoms with Crippen molar-refractivity contribution in [2.75, 3.05) is 26.7 Å². The smallest absolute Gasteiger partial charge is 0.243 e. The number of rotatable bonds is 4. The molecule has 1 aliphatic rings. The minimum atomic E-state index is -3.47. The second kappa shape index (κ2) is 7.78. The molecule has 1 aliphatic heterocycles. The quantitative estimate of drug-likeness (QED) is 0.899. The lowest BCUT2D eigenvalue weighted by Crippen LogP contribution is -2.40. The Morgan fingerprint density at radius 3 is 2.62 bits per heavy atom. The van der Waals surface area contributed by atoms with Gasteiger partial charge in [-0.2, -0.15) is 4.31 Å². The predicted molar refractivity (Wildman–Crippen MR) is 99.1 cm³/mol. The Morgan fingerprint density at radius 1 is 1.25 bits per heavy atom. The van der Waals surface area contributed by atoms with Crippen LogP contribution < -0.4 is 5.32 Å². The van der Waals surface area contributed by atoms with Crippen LogP contribution in [0, 0.1) is 12.8 Å². The van der Waals surface area contributed by atoms with Crippen LogP contribution in [0.1, 0.15) is 18.4 Å². The maximum atomic E-state index is 13.1. The van der Waals surface area contributed by atoms with Gasteiger partial charge in [-0.15, -0.1) is 12.4 Å². The molecule has 0 unspecified atom stereocenters. The summed E-state index contributed by atoms with van der Waals surface area (Å²) in [6.07, 6.45) is 3.51. The Bertz CT molecular complexity index is 803. The molecule has 1 aromatic carbocycles. The first-order chi connectivity index (χ1) is 11.0. The Balaban J connectivity index is 0.00000208. The maximum absolute atomic E-state index is 13.1. The van der Waals surface area contributed by atoms with E-state index in [1.807, 2.05) is 26.1 Å². The van der Waals surface area contributed by atoms with Gasteiger partial charge >= 0.3 is 0 Å². The standard InChI is InChI=1S/C17H23N3O2S.ClH/c1-13-5-6-16(15-4-3-9-19-17(13)15)23(21,22)20-10-7-14(8-11-20)12-18-2;/h3-6,9,14,18H,7-8,10-12H2,1-2H3;1H. The normalized spacial score (nSPS) is 16.9. The highest BCUT2D eigenvalue weighted by atomic mass is 35.5. The fourth-order valence-corrected chi connectivity index (χ4v) is 4.95. The van der Waals surface area contributed by atoms with Gasteiger partial charge in [0.2, 0.25) is 10.0 Å². The molecule has 1 N–H and O–H groups in total. The molecule has 0 saturated carbocycles. The monoisotopic (exact) mass is 369 g/mol. The molecule has 0 aliphatic carbocycles. The second-order valence-electron chi connectivity index (χ2n) is 6.19. The number of benzene rings is 1. The van der Waals surface area contributed by atoms with Crippen LogP contribution in [0.3, 0.4) is 0 Å². The van der Waals surface area contributed by atoms with Crippen LogP contribution in [0.4, 0.5) is 0 Å². The average molecular weight is 370 g/mol. The zero-order valence-corrected chi connectivity index (χ0v) is 15.7.